The van der Waals surface area contributed by atoms with Gasteiger partial charge in [0.05, 0.1) is 11.4 Å². The molecule has 1 aromatic rings. The topological polar surface area (TPSA) is 81.8 Å². The number of ether oxygens (including phenoxy) is 1. The number of fused-ring (bicyclic) bond motifs is 3. The Morgan fingerprint density at radius 3 is 2.71 bits per heavy atom. The quantitative estimate of drug-likeness (QED) is 0.786. The van der Waals surface area contributed by atoms with E-state index in [4.69, 9.17) is 10.5 Å². The van der Waals surface area contributed by atoms with Crippen LogP contribution in [0.2, 0.25) is 0 Å². The predicted molar refractivity (Wildman–Crippen MR) is 93.1 cm³/mol. The summed E-state index contributed by atoms with van der Waals surface area (Å²) >= 11 is 0. The van der Waals surface area contributed by atoms with Crippen molar-refractivity contribution in [3.63, 3.8) is 0 Å². The van der Waals surface area contributed by atoms with Crippen molar-refractivity contribution in [3.8, 4) is 5.75 Å². The van der Waals surface area contributed by atoms with Crippen LogP contribution in [0.5, 0.6) is 5.75 Å². The molecule has 0 saturated carbocycles. The predicted octanol–water partition coefficient (Wildman–Crippen LogP) is 2.64. The number of alkyl halides is 1. The Morgan fingerprint density at radius 1 is 1.42 bits per heavy atom. The Kier molecular flexibility index (Phi) is 3.71. The molecule has 7 heteroatoms. The van der Waals surface area contributed by atoms with Crippen molar-refractivity contribution >= 4 is 21.2 Å². The van der Waals surface area contributed by atoms with Crippen molar-refractivity contribution in [1.82, 2.24) is 0 Å². The van der Waals surface area contributed by atoms with Gasteiger partial charge in [-0.2, -0.15) is 0 Å². The number of nitrogen functional groups attached to an aromatic ring is 1. The molecule has 3 rings (SSSR count). The molecule has 0 aromatic heterocycles. The van der Waals surface area contributed by atoms with Crippen LogP contribution in [0, 0.1) is 0 Å². The van der Waals surface area contributed by atoms with Gasteiger partial charge in [-0.25, -0.2) is 12.8 Å². The van der Waals surface area contributed by atoms with E-state index in [1.807, 2.05) is 0 Å². The number of hydrogen-bond donors (Lipinski definition) is 1. The molecule has 0 saturated heterocycles. The molecular formula is C17H23FN2O3S. The summed E-state index contributed by atoms with van der Waals surface area (Å²) in [5, 5.41) is -0.994. The summed E-state index contributed by atoms with van der Waals surface area (Å²) in [6.07, 6.45) is -0.189. The van der Waals surface area contributed by atoms with Crippen molar-refractivity contribution in [2.75, 3.05) is 12.4 Å². The number of sulfone groups is 1. The number of nitrogens with zero attached hydrogens (tertiary/aromatic N) is 1. The van der Waals surface area contributed by atoms with Gasteiger partial charge in [0, 0.05) is 23.4 Å². The molecule has 2 aliphatic rings. The first-order valence-electron chi connectivity index (χ1n) is 7.99. The average Bonchev–Trinajstić information content (AvgIpc) is 2.62. The lowest BCUT2D eigenvalue weighted by molar-refractivity contribution is 0.208. The fourth-order valence-corrected chi connectivity index (χ4v) is 6.07. The molecule has 2 N–H and O–H groups in total. The fraction of sp³-hybridized carbons (Fsp3) is 0.588. The summed E-state index contributed by atoms with van der Waals surface area (Å²) in [5.41, 5.74) is 5.62. The molecule has 5 nitrogen and oxygen atoms in total. The third-order valence-electron chi connectivity index (χ3n) is 5.40. The molecule has 0 aliphatic carbocycles. The number of aliphatic imine (C=N–C) groups is 1. The van der Waals surface area contributed by atoms with E-state index in [9.17, 15) is 12.8 Å². The van der Waals surface area contributed by atoms with E-state index in [1.165, 1.54) is 0 Å². The van der Waals surface area contributed by atoms with Crippen molar-refractivity contribution in [2.24, 2.45) is 4.99 Å². The van der Waals surface area contributed by atoms with E-state index in [2.05, 4.69) is 4.99 Å². The number of rotatable bonds is 1. The molecule has 3 atom stereocenters. The van der Waals surface area contributed by atoms with Gasteiger partial charge in [-0.15, -0.1) is 0 Å². The van der Waals surface area contributed by atoms with Crippen LogP contribution in [0.4, 0.5) is 10.1 Å². The van der Waals surface area contributed by atoms with Gasteiger partial charge in [0.1, 0.15) is 22.7 Å². The largest absolute Gasteiger partial charge is 0.490 e. The summed E-state index contributed by atoms with van der Waals surface area (Å²) in [7, 11) is -3.69. The Balaban J connectivity index is 2.41. The summed E-state index contributed by atoms with van der Waals surface area (Å²) in [4.78, 5) is 4.61. The van der Waals surface area contributed by atoms with Crippen molar-refractivity contribution < 1.29 is 17.5 Å². The molecule has 0 amide bonds. The number of benzene rings is 1. The molecule has 0 spiro atoms. The van der Waals surface area contributed by atoms with Crippen LogP contribution < -0.4 is 10.5 Å². The third-order valence-corrected chi connectivity index (χ3v) is 8.45. The minimum atomic E-state index is -3.69. The van der Waals surface area contributed by atoms with Gasteiger partial charge in [-0.1, -0.05) is 0 Å². The summed E-state index contributed by atoms with van der Waals surface area (Å²) < 4.78 is 45.8. The maximum Gasteiger partial charge on any atom is 0.166 e. The second-order valence-corrected chi connectivity index (χ2v) is 9.90. The first kappa shape index (κ1) is 17.2. The number of hydrogen-bond acceptors (Lipinski definition) is 5. The normalized spacial score (nSPS) is 33.5. The minimum Gasteiger partial charge on any atom is -0.490 e. The molecule has 24 heavy (non-hydrogen) atoms. The molecule has 0 bridgehead atoms. The Bertz CT molecular complexity index is 819. The SMILES string of the molecule is CC1=N[C@]2(CF)c3cc(N)ccc3O[C@@H](C)C[C@@H]2S(=O)(=O)C1(C)C. The summed E-state index contributed by atoms with van der Waals surface area (Å²) in [6.45, 7) is 5.77. The van der Waals surface area contributed by atoms with E-state index in [0.29, 0.717) is 22.7 Å². The van der Waals surface area contributed by atoms with E-state index in [1.54, 1.807) is 45.9 Å². The lowest BCUT2D eigenvalue weighted by atomic mass is 9.84. The smallest absolute Gasteiger partial charge is 0.166 e. The second kappa shape index (κ2) is 5.18. The van der Waals surface area contributed by atoms with E-state index in [0.717, 1.165) is 0 Å². The van der Waals surface area contributed by atoms with Crippen molar-refractivity contribution in [3.05, 3.63) is 23.8 Å². The fourth-order valence-electron chi connectivity index (χ4n) is 3.62. The lowest BCUT2D eigenvalue weighted by Gasteiger charge is -2.44. The zero-order valence-corrected chi connectivity index (χ0v) is 15.2. The molecule has 0 radical (unpaired) electrons. The van der Waals surface area contributed by atoms with Crippen molar-refractivity contribution in [1.29, 1.82) is 0 Å². The summed E-state index contributed by atoms with van der Waals surface area (Å²) in [6, 6.07) is 4.92. The molecule has 0 unspecified atom stereocenters. The monoisotopic (exact) mass is 354 g/mol. The highest BCUT2D eigenvalue weighted by atomic mass is 32.2. The highest BCUT2D eigenvalue weighted by Gasteiger charge is 2.60. The van der Waals surface area contributed by atoms with E-state index < -0.39 is 32.0 Å². The Hall–Kier alpha value is -1.63. The zero-order valence-electron chi connectivity index (χ0n) is 14.3. The van der Waals surface area contributed by atoms with Gasteiger partial charge in [-0.3, -0.25) is 4.99 Å². The molecule has 2 heterocycles. The highest BCUT2D eigenvalue weighted by molar-refractivity contribution is 7.94. The van der Waals surface area contributed by atoms with Gasteiger partial charge in [-0.05, 0) is 45.9 Å². The number of halogens is 1. The zero-order chi connectivity index (χ0) is 17.9. The van der Waals surface area contributed by atoms with Crippen LogP contribution in [0.25, 0.3) is 0 Å². The van der Waals surface area contributed by atoms with Crippen LogP contribution in [0.1, 0.15) is 39.7 Å². The highest BCUT2D eigenvalue weighted by Crippen LogP contribution is 2.50. The molecule has 0 fully saturated rings. The van der Waals surface area contributed by atoms with Crippen molar-refractivity contribution in [2.45, 2.75) is 55.8 Å². The average molecular weight is 354 g/mol. The third kappa shape index (κ3) is 2.10. The molecular weight excluding hydrogens is 331 g/mol. The van der Waals surface area contributed by atoms with Crippen LogP contribution in [-0.2, 0) is 15.4 Å². The van der Waals surface area contributed by atoms with Crippen LogP contribution in [-0.4, -0.2) is 36.9 Å². The first-order chi connectivity index (χ1) is 11.1. The Morgan fingerprint density at radius 2 is 2.08 bits per heavy atom. The second-order valence-electron chi connectivity index (χ2n) is 7.22. The minimum absolute atomic E-state index is 0.182. The maximum atomic E-state index is 14.4. The van der Waals surface area contributed by atoms with Gasteiger partial charge >= 0.3 is 0 Å². The summed E-state index contributed by atoms with van der Waals surface area (Å²) in [5.74, 6) is 0.448. The lowest BCUT2D eigenvalue weighted by Crippen LogP contribution is -2.58. The molecule has 132 valence electrons. The Labute approximate surface area is 142 Å². The number of nitrogens with two attached hydrogens (primary N) is 1. The number of anilines is 1. The van der Waals surface area contributed by atoms with Gasteiger partial charge in [0.15, 0.2) is 9.84 Å². The van der Waals surface area contributed by atoms with Crippen LogP contribution in [0.15, 0.2) is 23.2 Å². The molecule has 1 aromatic carbocycles. The first-order valence-corrected chi connectivity index (χ1v) is 9.54. The standard InChI is InChI=1S/C17H23FN2O3S/c1-10-7-15-17(9-18,13-8-12(19)5-6-14(13)23-10)20-11(2)16(3,4)24(15,21)22/h5-6,8,10,15H,7,9,19H2,1-4H3/t10-,15-,17+/m0/s1. The van der Waals surface area contributed by atoms with Crippen LogP contribution >= 0.6 is 0 Å². The molecule has 2 aliphatic heterocycles. The maximum absolute atomic E-state index is 14.4. The van der Waals surface area contributed by atoms with Gasteiger partial charge in [0.25, 0.3) is 0 Å². The van der Waals surface area contributed by atoms with E-state index >= 15 is 0 Å². The van der Waals surface area contributed by atoms with Gasteiger partial charge in [0.2, 0.25) is 0 Å². The van der Waals surface area contributed by atoms with Gasteiger partial charge < -0.3 is 10.5 Å². The van der Waals surface area contributed by atoms with E-state index in [-0.39, 0.29) is 12.5 Å². The van der Waals surface area contributed by atoms with Crippen LogP contribution in [0.3, 0.4) is 0 Å².